The topological polar surface area (TPSA) is 52.3 Å². The van der Waals surface area contributed by atoms with Crippen LogP contribution in [0.15, 0.2) is 30.3 Å². The van der Waals surface area contributed by atoms with Gasteiger partial charge in [-0.25, -0.2) is 0 Å². The number of amides is 1. The van der Waals surface area contributed by atoms with Crippen molar-refractivity contribution in [3.8, 4) is 0 Å². The summed E-state index contributed by atoms with van der Waals surface area (Å²) in [6.45, 7) is 1.01. The van der Waals surface area contributed by atoms with Crippen molar-refractivity contribution in [3.63, 3.8) is 0 Å². The summed E-state index contributed by atoms with van der Waals surface area (Å²) in [5.74, 6) is -0.226. The smallest absolute Gasteiger partial charge is 0.225 e. The molecule has 3 nitrogen and oxygen atoms in total. The maximum Gasteiger partial charge on any atom is 0.225 e. The first-order valence-electron chi connectivity index (χ1n) is 5.15. The number of carbonyl (C=O) groups excluding carboxylic acids is 1. The van der Waals surface area contributed by atoms with E-state index in [-0.39, 0.29) is 11.3 Å². The van der Waals surface area contributed by atoms with E-state index in [0.717, 1.165) is 18.4 Å². The number of primary amides is 1. The Hall–Kier alpha value is -1.35. The molecule has 0 saturated heterocycles. The van der Waals surface area contributed by atoms with Gasteiger partial charge in [-0.2, -0.15) is 0 Å². The minimum absolute atomic E-state index is 0.226. The van der Waals surface area contributed by atoms with Gasteiger partial charge in [0.05, 0.1) is 18.6 Å². The lowest BCUT2D eigenvalue weighted by Gasteiger charge is -2.11. The van der Waals surface area contributed by atoms with Gasteiger partial charge in [0.25, 0.3) is 0 Å². The molecule has 2 rings (SSSR count). The normalized spacial score (nSPS) is 17.3. The fraction of sp³-hybridized carbons (Fsp3) is 0.417. The predicted octanol–water partition coefficient (Wildman–Crippen LogP) is 1.47. The van der Waals surface area contributed by atoms with Crippen molar-refractivity contribution in [2.45, 2.75) is 19.4 Å². The van der Waals surface area contributed by atoms with E-state index in [4.69, 9.17) is 10.5 Å². The number of benzene rings is 1. The molecule has 2 N–H and O–H groups in total. The van der Waals surface area contributed by atoms with Crippen LogP contribution in [0, 0.1) is 5.41 Å². The van der Waals surface area contributed by atoms with Gasteiger partial charge >= 0.3 is 0 Å². The molecule has 0 bridgehead atoms. The number of hydrogen-bond acceptors (Lipinski definition) is 2. The van der Waals surface area contributed by atoms with E-state index in [1.54, 1.807) is 0 Å². The summed E-state index contributed by atoms with van der Waals surface area (Å²) >= 11 is 0. The second-order valence-corrected chi connectivity index (χ2v) is 4.12. The first kappa shape index (κ1) is 10.2. The summed E-state index contributed by atoms with van der Waals surface area (Å²) in [6.07, 6.45) is 1.74. The fourth-order valence-electron chi connectivity index (χ4n) is 1.55. The second-order valence-electron chi connectivity index (χ2n) is 4.12. The highest BCUT2D eigenvalue weighted by Gasteiger charge is 2.48. The van der Waals surface area contributed by atoms with E-state index in [0.29, 0.717) is 13.2 Å². The monoisotopic (exact) mass is 205 g/mol. The Labute approximate surface area is 89.2 Å². The summed E-state index contributed by atoms with van der Waals surface area (Å²) in [5, 5.41) is 0. The number of ether oxygens (including phenoxy) is 1. The van der Waals surface area contributed by atoms with Crippen molar-refractivity contribution in [2.75, 3.05) is 6.61 Å². The molecule has 0 radical (unpaired) electrons. The van der Waals surface area contributed by atoms with Crippen molar-refractivity contribution < 1.29 is 9.53 Å². The third-order valence-corrected chi connectivity index (χ3v) is 2.87. The van der Waals surface area contributed by atoms with Gasteiger partial charge in [0.1, 0.15) is 0 Å². The summed E-state index contributed by atoms with van der Waals surface area (Å²) < 4.78 is 5.51. The predicted molar refractivity (Wildman–Crippen MR) is 57.0 cm³/mol. The number of nitrogens with two attached hydrogens (primary N) is 1. The molecule has 1 amide bonds. The maximum absolute atomic E-state index is 11.1. The van der Waals surface area contributed by atoms with Crippen LogP contribution in [0.25, 0.3) is 0 Å². The Morgan fingerprint density at radius 2 is 2.00 bits per heavy atom. The summed E-state index contributed by atoms with van der Waals surface area (Å²) in [4.78, 5) is 11.1. The van der Waals surface area contributed by atoms with Gasteiger partial charge in [-0.15, -0.1) is 0 Å². The van der Waals surface area contributed by atoms with Crippen LogP contribution in [-0.4, -0.2) is 12.5 Å². The largest absolute Gasteiger partial charge is 0.376 e. The van der Waals surface area contributed by atoms with E-state index < -0.39 is 0 Å². The van der Waals surface area contributed by atoms with E-state index in [9.17, 15) is 4.79 Å². The summed E-state index contributed by atoms with van der Waals surface area (Å²) in [5.41, 5.74) is 6.06. The summed E-state index contributed by atoms with van der Waals surface area (Å²) in [6, 6.07) is 9.92. The van der Waals surface area contributed by atoms with Crippen molar-refractivity contribution in [1.82, 2.24) is 0 Å². The van der Waals surface area contributed by atoms with Gasteiger partial charge in [-0.1, -0.05) is 30.3 Å². The number of rotatable bonds is 5. The molecule has 0 aliphatic heterocycles. The van der Waals surface area contributed by atoms with Crippen LogP contribution in [0.1, 0.15) is 18.4 Å². The Kier molecular flexibility index (Phi) is 2.73. The van der Waals surface area contributed by atoms with Crippen LogP contribution < -0.4 is 5.73 Å². The highest BCUT2D eigenvalue weighted by atomic mass is 16.5. The van der Waals surface area contributed by atoms with Gasteiger partial charge in [0.2, 0.25) is 5.91 Å². The van der Waals surface area contributed by atoms with Gasteiger partial charge in [0.15, 0.2) is 0 Å². The Morgan fingerprint density at radius 3 is 2.53 bits per heavy atom. The second kappa shape index (κ2) is 4.03. The molecule has 80 valence electrons. The molecule has 0 unspecified atom stereocenters. The van der Waals surface area contributed by atoms with Gasteiger partial charge in [-0.05, 0) is 18.4 Å². The molecule has 1 aromatic rings. The van der Waals surface area contributed by atoms with Gasteiger partial charge < -0.3 is 10.5 Å². The molecule has 0 atom stereocenters. The van der Waals surface area contributed by atoms with Crippen molar-refractivity contribution in [2.24, 2.45) is 11.1 Å². The molecule has 0 aromatic heterocycles. The van der Waals surface area contributed by atoms with Crippen molar-refractivity contribution in [1.29, 1.82) is 0 Å². The third-order valence-electron chi connectivity index (χ3n) is 2.87. The van der Waals surface area contributed by atoms with Crippen molar-refractivity contribution >= 4 is 5.91 Å². The lowest BCUT2D eigenvalue weighted by Crippen LogP contribution is -2.28. The number of hydrogen-bond donors (Lipinski definition) is 1. The van der Waals surface area contributed by atoms with Crippen LogP contribution in [-0.2, 0) is 16.1 Å². The molecule has 15 heavy (non-hydrogen) atoms. The summed E-state index contributed by atoms with van der Waals surface area (Å²) in [7, 11) is 0. The lowest BCUT2D eigenvalue weighted by molar-refractivity contribution is -0.125. The molecule has 1 aliphatic carbocycles. The highest BCUT2D eigenvalue weighted by molar-refractivity contribution is 5.83. The van der Waals surface area contributed by atoms with E-state index >= 15 is 0 Å². The SMILES string of the molecule is NC(=O)C1(COCc2ccccc2)CC1. The zero-order valence-electron chi connectivity index (χ0n) is 8.61. The minimum Gasteiger partial charge on any atom is -0.376 e. The van der Waals surface area contributed by atoms with Crippen LogP contribution in [0.4, 0.5) is 0 Å². The quantitative estimate of drug-likeness (QED) is 0.791. The van der Waals surface area contributed by atoms with Crippen LogP contribution >= 0.6 is 0 Å². The van der Waals surface area contributed by atoms with Crippen molar-refractivity contribution in [3.05, 3.63) is 35.9 Å². The van der Waals surface area contributed by atoms with Crippen LogP contribution in [0.5, 0.6) is 0 Å². The first-order valence-corrected chi connectivity index (χ1v) is 5.15. The number of carbonyl (C=O) groups is 1. The maximum atomic E-state index is 11.1. The molecule has 0 heterocycles. The van der Waals surface area contributed by atoms with Gasteiger partial charge in [0, 0.05) is 0 Å². The van der Waals surface area contributed by atoms with E-state index in [1.807, 2.05) is 30.3 Å². The molecule has 1 aromatic carbocycles. The Balaban J connectivity index is 1.79. The van der Waals surface area contributed by atoms with Gasteiger partial charge in [-0.3, -0.25) is 4.79 Å². The fourth-order valence-corrected chi connectivity index (χ4v) is 1.55. The highest BCUT2D eigenvalue weighted by Crippen LogP contribution is 2.45. The standard InChI is InChI=1S/C12H15NO2/c13-11(14)12(6-7-12)9-15-8-10-4-2-1-3-5-10/h1-5H,6-9H2,(H2,13,14). The van der Waals surface area contributed by atoms with E-state index in [2.05, 4.69) is 0 Å². The zero-order valence-corrected chi connectivity index (χ0v) is 8.61. The molecule has 0 spiro atoms. The molecule has 1 saturated carbocycles. The zero-order chi connectivity index (χ0) is 10.7. The third kappa shape index (κ3) is 2.36. The van der Waals surface area contributed by atoms with E-state index in [1.165, 1.54) is 0 Å². The lowest BCUT2D eigenvalue weighted by atomic mass is 10.1. The molecular formula is C12H15NO2. The average Bonchev–Trinajstić information content (AvgIpc) is 3.01. The van der Waals surface area contributed by atoms with Crippen LogP contribution in [0.3, 0.4) is 0 Å². The Bertz CT molecular complexity index is 344. The van der Waals surface area contributed by atoms with Crippen LogP contribution in [0.2, 0.25) is 0 Å². The Morgan fingerprint density at radius 1 is 1.33 bits per heavy atom. The molecule has 1 fully saturated rings. The first-order chi connectivity index (χ1) is 7.23. The molecule has 3 heteroatoms. The minimum atomic E-state index is -0.352. The average molecular weight is 205 g/mol. The molecular weight excluding hydrogens is 190 g/mol. The molecule has 1 aliphatic rings.